The molecule has 7 heteroatoms. The van der Waals surface area contributed by atoms with Gasteiger partial charge in [0.25, 0.3) is 5.91 Å². The highest BCUT2D eigenvalue weighted by Gasteiger charge is 2.09. The minimum atomic E-state index is -0.284. The lowest BCUT2D eigenvalue weighted by Crippen LogP contribution is -2.28. The molecule has 0 radical (unpaired) electrons. The van der Waals surface area contributed by atoms with Gasteiger partial charge in [0.1, 0.15) is 35.9 Å². The Morgan fingerprint density at radius 2 is 1.79 bits per heavy atom. The van der Waals surface area contributed by atoms with Crippen LogP contribution in [0.4, 0.5) is 11.5 Å². The number of rotatable bonds is 8. The summed E-state index contributed by atoms with van der Waals surface area (Å²) < 4.78 is 10.7. The summed E-state index contributed by atoms with van der Waals surface area (Å²) in [5.74, 6) is 1.75. The van der Waals surface area contributed by atoms with Gasteiger partial charge in [0, 0.05) is 11.8 Å². The van der Waals surface area contributed by atoms with E-state index in [-0.39, 0.29) is 11.6 Å². The molecule has 3 rings (SSSR count). The summed E-state index contributed by atoms with van der Waals surface area (Å²) in [5.41, 5.74) is 2.30. The summed E-state index contributed by atoms with van der Waals surface area (Å²) in [4.78, 5) is 20.5. The Morgan fingerprint density at radius 3 is 2.54 bits per heavy atom. The van der Waals surface area contributed by atoms with Gasteiger partial charge in [0.05, 0.1) is 13.7 Å². The first-order valence-corrected chi connectivity index (χ1v) is 8.85. The number of hydrogen-bond acceptors (Lipinski definition) is 6. The van der Waals surface area contributed by atoms with Crippen LogP contribution in [0.5, 0.6) is 11.5 Å². The number of aryl methyl sites for hydroxylation is 1. The number of carbonyl (C=O) groups is 1. The Morgan fingerprint density at radius 1 is 1.04 bits per heavy atom. The first-order chi connectivity index (χ1) is 13.7. The minimum Gasteiger partial charge on any atom is -0.497 e. The van der Waals surface area contributed by atoms with Gasteiger partial charge in [-0.15, -0.1) is 0 Å². The van der Waals surface area contributed by atoms with Crippen molar-refractivity contribution in [2.75, 3.05) is 25.6 Å². The molecule has 2 N–H and O–H groups in total. The number of aromatic nitrogens is 2. The summed E-state index contributed by atoms with van der Waals surface area (Å²) in [5, 5.41) is 5.99. The molecule has 0 unspecified atom stereocenters. The summed E-state index contributed by atoms with van der Waals surface area (Å²) in [6.45, 7) is 2.70. The predicted octanol–water partition coefficient (Wildman–Crippen LogP) is 3.35. The van der Waals surface area contributed by atoms with Crippen LogP contribution in [0, 0.1) is 6.92 Å². The molecule has 2 aromatic carbocycles. The van der Waals surface area contributed by atoms with Crippen LogP contribution >= 0.6 is 0 Å². The molecule has 28 heavy (non-hydrogen) atoms. The summed E-state index contributed by atoms with van der Waals surface area (Å²) in [6, 6.07) is 16.7. The molecule has 0 aliphatic carbocycles. The van der Waals surface area contributed by atoms with E-state index < -0.39 is 0 Å². The fourth-order valence-corrected chi connectivity index (χ4v) is 2.50. The van der Waals surface area contributed by atoms with Gasteiger partial charge in [-0.25, -0.2) is 9.97 Å². The zero-order valence-electron chi connectivity index (χ0n) is 15.8. The van der Waals surface area contributed by atoms with E-state index in [0.29, 0.717) is 24.7 Å². The number of nitrogens with one attached hydrogen (secondary N) is 2. The van der Waals surface area contributed by atoms with Crippen LogP contribution in [0.1, 0.15) is 16.1 Å². The molecule has 7 nitrogen and oxygen atoms in total. The Kier molecular flexibility index (Phi) is 6.41. The first kappa shape index (κ1) is 19.2. The molecular formula is C21H22N4O3. The van der Waals surface area contributed by atoms with E-state index in [0.717, 1.165) is 17.0 Å². The van der Waals surface area contributed by atoms with E-state index in [2.05, 4.69) is 20.6 Å². The van der Waals surface area contributed by atoms with Crippen molar-refractivity contribution in [1.29, 1.82) is 0 Å². The predicted molar refractivity (Wildman–Crippen MR) is 107 cm³/mol. The Balaban J connectivity index is 1.50. The van der Waals surface area contributed by atoms with E-state index in [1.54, 1.807) is 13.2 Å². The van der Waals surface area contributed by atoms with Crippen molar-refractivity contribution >= 4 is 17.4 Å². The number of anilines is 2. The van der Waals surface area contributed by atoms with Crippen LogP contribution in [-0.2, 0) is 0 Å². The van der Waals surface area contributed by atoms with E-state index in [4.69, 9.17) is 9.47 Å². The van der Waals surface area contributed by atoms with Gasteiger partial charge in [-0.1, -0.05) is 18.2 Å². The summed E-state index contributed by atoms with van der Waals surface area (Å²) in [7, 11) is 1.61. The first-order valence-electron chi connectivity index (χ1n) is 8.85. The molecule has 1 amide bonds. The van der Waals surface area contributed by atoms with Crippen LogP contribution in [0.15, 0.2) is 60.9 Å². The number of hydrogen-bond donors (Lipinski definition) is 2. The number of methoxy groups -OCH3 is 1. The number of para-hydroxylation sites is 1. The monoisotopic (exact) mass is 378 g/mol. The molecule has 0 aliphatic heterocycles. The molecule has 1 heterocycles. The summed E-state index contributed by atoms with van der Waals surface area (Å²) in [6.07, 6.45) is 1.36. The largest absolute Gasteiger partial charge is 0.497 e. The molecule has 0 saturated carbocycles. The summed E-state index contributed by atoms with van der Waals surface area (Å²) >= 11 is 0. The van der Waals surface area contributed by atoms with Gasteiger partial charge in [-0.3, -0.25) is 4.79 Å². The van der Waals surface area contributed by atoms with Crippen molar-refractivity contribution < 1.29 is 14.3 Å². The number of amides is 1. The van der Waals surface area contributed by atoms with Crippen LogP contribution in [0.3, 0.4) is 0 Å². The van der Waals surface area contributed by atoms with Crippen molar-refractivity contribution in [2.45, 2.75) is 6.92 Å². The molecule has 1 aromatic heterocycles. The number of benzene rings is 2. The third-order valence-electron chi connectivity index (χ3n) is 4.02. The maximum Gasteiger partial charge on any atom is 0.270 e. The van der Waals surface area contributed by atoms with Gasteiger partial charge in [-0.2, -0.15) is 0 Å². The molecular weight excluding hydrogens is 356 g/mol. The highest BCUT2D eigenvalue weighted by Crippen LogP contribution is 2.19. The Bertz CT molecular complexity index is 929. The quantitative estimate of drug-likeness (QED) is 0.585. The van der Waals surface area contributed by atoms with Crippen LogP contribution in [0.25, 0.3) is 0 Å². The second kappa shape index (κ2) is 9.36. The molecule has 0 atom stereocenters. The van der Waals surface area contributed by atoms with Crippen molar-refractivity contribution in [3.8, 4) is 11.5 Å². The van der Waals surface area contributed by atoms with E-state index in [1.807, 2.05) is 55.5 Å². The third-order valence-corrected chi connectivity index (χ3v) is 4.02. The highest BCUT2D eigenvalue weighted by atomic mass is 16.5. The van der Waals surface area contributed by atoms with Gasteiger partial charge in [-0.05, 0) is 42.8 Å². The van der Waals surface area contributed by atoms with Gasteiger partial charge in [0.2, 0.25) is 0 Å². The fourth-order valence-electron chi connectivity index (χ4n) is 2.50. The van der Waals surface area contributed by atoms with E-state index >= 15 is 0 Å². The molecule has 0 bridgehead atoms. The maximum atomic E-state index is 12.3. The second-order valence-electron chi connectivity index (χ2n) is 6.01. The average molecular weight is 378 g/mol. The molecule has 0 aliphatic rings. The lowest BCUT2D eigenvalue weighted by atomic mass is 10.2. The standard InChI is InChI=1S/C21H22N4O3/c1-15-5-3-4-6-18(15)25-20-13-19(23-14-24-20)21(26)22-11-12-28-17-9-7-16(27-2)8-10-17/h3-10,13-14H,11-12H2,1-2H3,(H,22,26)(H,23,24,25). The van der Waals surface area contributed by atoms with Gasteiger partial charge >= 0.3 is 0 Å². The topological polar surface area (TPSA) is 85.4 Å². The maximum absolute atomic E-state index is 12.3. The van der Waals surface area contributed by atoms with Crippen molar-refractivity contribution in [2.24, 2.45) is 0 Å². The number of nitrogens with zero attached hydrogens (tertiary/aromatic N) is 2. The third kappa shape index (κ3) is 5.20. The second-order valence-corrected chi connectivity index (χ2v) is 6.01. The average Bonchev–Trinajstić information content (AvgIpc) is 2.73. The van der Waals surface area contributed by atoms with Crippen molar-refractivity contribution in [3.05, 3.63) is 72.2 Å². The molecule has 3 aromatic rings. The molecule has 144 valence electrons. The minimum absolute atomic E-state index is 0.284. The normalized spacial score (nSPS) is 10.2. The number of ether oxygens (including phenoxy) is 2. The van der Waals surface area contributed by atoms with Crippen LogP contribution < -0.4 is 20.1 Å². The van der Waals surface area contributed by atoms with Gasteiger partial charge in [0.15, 0.2) is 0 Å². The molecule has 0 saturated heterocycles. The van der Waals surface area contributed by atoms with Crippen molar-refractivity contribution in [3.63, 3.8) is 0 Å². The fraction of sp³-hybridized carbons (Fsp3) is 0.190. The van der Waals surface area contributed by atoms with E-state index in [1.165, 1.54) is 6.33 Å². The lowest BCUT2D eigenvalue weighted by molar-refractivity contribution is 0.0942. The van der Waals surface area contributed by atoms with Gasteiger partial charge < -0.3 is 20.1 Å². The molecule has 0 fully saturated rings. The van der Waals surface area contributed by atoms with Crippen LogP contribution in [0.2, 0.25) is 0 Å². The number of carbonyl (C=O) groups excluding carboxylic acids is 1. The SMILES string of the molecule is COc1ccc(OCCNC(=O)c2cc(Nc3ccccc3C)ncn2)cc1. The Labute approximate surface area is 163 Å². The van der Waals surface area contributed by atoms with Crippen molar-refractivity contribution in [1.82, 2.24) is 15.3 Å². The van der Waals surface area contributed by atoms with Crippen LogP contribution in [-0.4, -0.2) is 36.1 Å². The lowest BCUT2D eigenvalue weighted by Gasteiger charge is -2.10. The smallest absolute Gasteiger partial charge is 0.270 e. The molecule has 0 spiro atoms. The highest BCUT2D eigenvalue weighted by molar-refractivity contribution is 5.93. The Hall–Kier alpha value is -3.61. The zero-order valence-corrected chi connectivity index (χ0v) is 15.8. The zero-order chi connectivity index (χ0) is 19.8. The van der Waals surface area contributed by atoms with E-state index in [9.17, 15) is 4.79 Å².